The van der Waals surface area contributed by atoms with E-state index >= 15 is 0 Å². The predicted molar refractivity (Wildman–Crippen MR) is 65.0 cm³/mol. The first-order chi connectivity index (χ1) is 7.74. The molecule has 0 amide bonds. The van der Waals surface area contributed by atoms with Crippen molar-refractivity contribution in [2.45, 2.75) is 25.6 Å². The SMILES string of the molecule is CC(C)c1ccccc1-n1nncc1CCl. The third-order valence-corrected chi connectivity index (χ3v) is 2.82. The lowest BCUT2D eigenvalue weighted by Crippen LogP contribution is -2.05. The van der Waals surface area contributed by atoms with Gasteiger partial charge < -0.3 is 0 Å². The molecule has 0 aliphatic rings. The van der Waals surface area contributed by atoms with E-state index in [9.17, 15) is 0 Å². The van der Waals surface area contributed by atoms with Crippen LogP contribution in [0.25, 0.3) is 5.69 Å². The number of hydrogen-bond acceptors (Lipinski definition) is 2. The minimum absolute atomic E-state index is 0.416. The van der Waals surface area contributed by atoms with Crippen LogP contribution in [-0.2, 0) is 5.88 Å². The van der Waals surface area contributed by atoms with Crippen LogP contribution in [0.5, 0.6) is 0 Å². The molecule has 4 heteroatoms. The van der Waals surface area contributed by atoms with Gasteiger partial charge in [-0.1, -0.05) is 37.3 Å². The quantitative estimate of drug-likeness (QED) is 0.766. The van der Waals surface area contributed by atoms with Gasteiger partial charge in [-0.3, -0.25) is 0 Å². The Morgan fingerprint density at radius 3 is 2.75 bits per heavy atom. The molecule has 0 N–H and O–H groups in total. The van der Waals surface area contributed by atoms with Crippen molar-refractivity contribution in [3.05, 3.63) is 41.7 Å². The van der Waals surface area contributed by atoms with Gasteiger partial charge in [-0.25, -0.2) is 4.68 Å². The molecule has 0 aliphatic heterocycles. The molecule has 2 aromatic rings. The summed E-state index contributed by atoms with van der Waals surface area (Å²) in [5, 5.41) is 7.98. The Kier molecular flexibility index (Phi) is 3.25. The molecule has 0 saturated heterocycles. The van der Waals surface area contributed by atoms with E-state index in [0.717, 1.165) is 11.4 Å². The third kappa shape index (κ3) is 1.95. The number of para-hydroxylation sites is 1. The number of hydrogen-bond donors (Lipinski definition) is 0. The summed E-state index contributed by atoms with van der Waals surface area (Å²) in [5.41, 5.74) is 3.22. The van der Waals surface area contributed by atoms with E-state index in [1.165, 1.54) is 5.56 Å². The first-order valence-corrected chi connectivity index (χ1v) is 5.82. The second-order valence-corrected chi connectivity index (χ2v) is 4.25. The Hall–Kier alpha value is -1.35. The summed E-state index contributed by atoms with van der Waals surface area (Å²) >= 11 is 5.85. The third-order valence-electron chi connectivity index (χ3n) is 2.54. The van der Waals surface area contributed by atoms with E-state index < -0.39 is 0 Å². The van der Waals surface area contributed by atoms with Gasteiger partial charge in [-0.05, 0) is 17.5 Å². The van der Waals surface area contributed by atoms with Crippen molar-refractivity contribution in [1.29, 1.82) is 0 Å². The first-order valence-electron chi connectivity index (χ1n) is 5.29. The van der Waals surface area contributed by atoms with E-state index in [1.54, 1.807) is 6.20 Å². The largest absolute Gasteiger partial charge is 0.216 e. The lowest BCUT2D eigenvalue weighted by Gasteiger charge is -2.13. The van der Waals surface area contributed by atoms with Crippen molar-refractivity contribution in [3.8, 4) is 5.69 Å². The molecule has 0 aliphatic carbocycles. The highest BCUT2D eigenvalue weighted by Gasteiger charge is 2.11. The fourth-order valence-electron chi connectivity index (χ4n) is 1.72. The minimum Gasteiger partial charge on any atom is -0.216 e. The van der Waals surface area contributed by atoms with Crippen LogP contribution in [0, 0.1) is 0 Å². The maximum atomic E-state index is 5.85. The highest BCUT2D eigenvalue weighted by molar-refractivity contribution is 6.16. The van der Waals surface area contributed by atoms with Gasteiger partial charge in [0, 0.05) is 0 Å². The van der Waals surface area contributed by atoms with E-state index in [-0.39, 0.29) is 0 Å². The number of halogens is 1. The molecule has 1 aromatic heterocycles. The van der Waals surface area contributed by atoms with Crippen LogP contribution < -0.4 is 0 Å². The van der Waals surface area contributed by atoms with Crippen molar-refractivity contribution < 1.29 is 0 Å². The Morgan fingerprint density at radius 1 is 1.31 bits per heavy atom. The monoisotopic (exact) mass is 235 g/mol. The summed E-state index contributed by atoms with van der Waals surface area (Å²) in [4.78, 5) is 0. The van der Waals surface area contributed by atoms with Gasteiger partial charge in [0.25, 0.3) is 0 Å². The zero-order chi connectivity index (χ0) is 11.5. The molecular formula is C12H14ClN3. The molecule has 1 aromatic carbocycles. The van der Waals surface area contributed by atoms with Crippen molar-refractivity contribution in [3.63, 3.8) is 0 Å². The first kappa shape index (κ1) is 11.1. The zero-order valence-corrected chi connectivity index (χ0v) is 10.1. The fourth-order valence-corrected chi connectivity index (χ4v) is 1.90. The molecule has 3 nitrogen and oxygen atoms in total. The van der Waals surface area contributed by atoms with Crippen molar-refractivity contribution in [1.82, 2.24) is 15.0 Å². The van der Waals surface area contributed by atoms with Crippen molar-refractivity contribution in [2.24, 2.45) is 0 Å². The Bertz CT molecular complexity index is 477. The number of benzene rings is 1. The Labute approximate surface area is 100 Å². The maximum Gasteiger partial charge on any atom is 0.0793 e. The van der Waals surface area contributed by atoms with Crippen molar-refractivity contribution >= 4 is 11.6 Å². The van der Waals surface area contributed by atoms with Gasteiger partial charge >= 0.3 is 0 Å². The van der Waals surface area contributed by atoms with E-state index in [1.807, 2.05) is 22.9 Å². The molecule has 84 valence electrons. The minimum atomic E-state index is 0.416. The second kappa shape index (κ2) is 4.66. The smallest absolute Gasteiger partial charge is 0.0793 e. The number of rotatable bonds is 3. The molecular weight excluding hydrogens is 222 g/mol. The van der Waals surface area contributed by atoms with E-state index in [0.29, 0.717) is 11.8 Å². The molecule has 1 heterocycles. The lowest BCUT2D eigenvalue weighted by molar-refractivity contribution is 0.753. The number of nitrogens with zero attached hydrogens (tertiary/aromatic N) is 3. The number of alkyl halides is 1. The molecule has 0 atom stereocenters. The van der Waals surface area contributed by atoms with Gasteiger partial charge in [-0.2, -0.15) is 0 Å². The second-order valence-electron chi connectivity index (χ2n) is 3.98. The summed E-state index contributed by atoms with van der Waals surface area (Å²) in [7, 11) is 0. The normalized spacial score (nSPS) is 11.0. The summed E-state index contributed by atoms with van der Waals surface area (Å²) in [6, 6.07) is 8.19. The van der Waals surface area contributed by atoms with E-state index in [4.69, 9.17) is 11.6 Å². The lowest BCUT2D eigenvalue weighted by atomic mass is 10.0. The molecule has 16 heavy (non-hydrogen) atoms. The Balaban J connectivity index is 2.55. The molecule has 0 saturated carbocycles. The van der Waals surface area contributed by atoms with Gasteiger partial charge in [0.15, 0.2) is 0 Å². The predicted octanol–water partition coefficient (Wildman–Crippen LogP) is 3.13. The molecule has 0 fully saturated rings. The van der Waals surface area contributed by atoms with Crippen LogP contribution in [0.3, 0.4) is 0 Å². The van der Waals surface area contributed by atoms with Crippen LogP contribution in [0.4, 0.5) is 0 Å². The van der Waals surface area contributed by atoms with Crippen LogP contribution >= 0.6 is 11.6 Å². The molecule has 0 unspecified atom stereocenters. The van der Waals surface area contributed by atoms with Crippen LogP contribution in [-0.4, -0.2) is 15.0 Å². The van der Waals surface area contributed by atoms with Crippen LogP contribution in [0.2, 0.25) is 0 Å². The molecule has 0 bridgehead atoms. The maximum absolute atomic E-state index is 5.85. The summed E-state index contributed by atoms with van der Waals surface area (Å²) in [6.07, 6.45) is 1.70. The van der Waals surface area contributed by atoms with Gasteiger partial charge in [0.05, 0.1) is 23.5 Å². The topological polar surface area (TPSA) is 30.7 Å². The van der Waals surface area contributed by atoms with Crippen LogP contribution in [0.15, 0.2) is 30.5 Å². The highest BCUT2D eigenvalue weighted by Crippen LogP contribution is 2.23. The molecule has 0 spiro atoms. The van der Waals surface area contributed by atoms with Gasteiger partial charge in [-0.15, -0.1) is 16.7 Å². The summed E-state index contributed by atoms with van der Waals surface area (Å²) < 4.78 is 1.81. The molecule has 0 radical (unpaired) electrons. The highest BCUT2D eigenvalue weighted by atomic mass is 35.5. The average Bonchev–Trinajstić information content (AvgIpc) is 2.76. The zero-order valence-electron chi connectivity index (χ0n) is 9.39. The fraction of sp³-hybridized carbons (Fsp3) is 0.333. The van der Waals surface area contributed by atoms with E-state index in [2.05, 4.69) is 30.2 Å². The van der Waals surface area contributed by atoms with Crippen LogP contribution in [0.1, 0.15) is 31.0 Å². The van der Waals surface area contributed by atoms with Crippen molar-refractivity contribution in [2.75, 3.05) is 0 Å². The Morgan fingerprint density at radius 2 is 2.06 bits per heavy atom. The van der Waals surface area contributed by atoms with Gasteiger partial charge in [0.1, 0.15) is 0 Å². The standard InChI is InChI=1S/C12H14ClN3/c1-9(2)11-5-3-4-6-12(11)16-10(7-13)8-14-15-16/h3-6,8-9H,7H2,1-2H3. The number of aromatic nitrogens is 3. The van der Waals surface area contributed by atoms with Gasteiger partial charge in [0.2, 0.25) is 0 Å². The summed E-state index contributed by atoms with van der Waals surface area (Å²) in [6.45, 7) is 4.33. The average molecular weight is 236 g/mol. The molecule has 2 rings (SSSR count). The summed E-state index contributed by atoms with van der Waals surface area (Å²) in [5.74, 6) is 0.864.